The first-order chi connectivity index (χ1) is 9.55. The summed E-state index contributed by atoms with van der Waals surface area (Å²) in [6.07, 6.45) is 9.77. The quantitative estimate of drug-likeness (QED) is 0.789. The van der Waals surface area contributed by atoms with Crippen molar-refractivity contribution >= 4 is 0 Å². The van der Waals surface area contributed by atoms with Gasteiger partial charge in [-0.2, -0.15) is 0 Å². The SMILES string of the molecule is CCCNC(C1CCC(C)CC1)C(C)(C)N1CCCC1. The van der Waals surface area contributed by atoms with Gasteiger partial charge in [-0.1, -0.05) is 26.7 Å². The van der Waals surface area contributed by atoms with Gasteiger partial charge >= 0.3 is 0 Å². The molecule has 2 heteroatoms. The minimum atomic E-state index is 0.316. The molecule has 1 N–H and O–H groups in total. The lowest BCUT2D eigenvalue weighted by Gasteiger charge is -2.47. The van der Waals surface area contributed by atoms with Gasteiger partial charge in [0.15, 0.2) is 0 Å². The number of nitrogens with one attached hydrogen (secondary N) is 1. The van der Waals surface area contributed by atoms with E-state index in [0.717, 1.165) is 11.8 Å². The van der Waals surface area contributed by atoms with E-state index in [1.54, 1.807) is 0 Å². The zero-order chi connectivity index (χ0) is 14.6. The summed E-state index contributed by atoms with van der Waals surface area (Å²) in [5.41, 5.74) is 0.316. The summed E-state index contributed by atoms with van der Waals surface area (Å²) < 4.78 is 0. The Morgan fingerprint density at radius 2 is 1.70 bits per heavy atom. The maximum absolute atomic E-state index is 3.93. The number of hydrogen-bond acceptors (Lipinski definition) is 2. The molecular formula is C18H36N2. The Hall–Kier alpha value is -0.0800. The summed E-state index contributed by atoms with van der Waals surface area (Å²) in [5, 5.41) is 3.93. The second kappa shape index (κ2) is 7.26. The normalized spacial score (nSPS) is 30.6. The third-order valence-corrected chi connectivity index (χ3v) is 5.83. The van der Waals surface area contributed by atoms with Crippen molar-refractivity contribution in [3.05, 3.63) is 0 Å². The van der Waals surface area contributed by atoms with Crippen molar-refractivity contribution in [2.24, 2.45) is 11.8 Å². The molecule has 2 nitrogen and oxygen atoms in total. The van der Waals surface area contributed by atoms with Crippen LogP contribution >= 0.6 is 0 Å². The van der Waals surface area contributed by atoms with E-state index in [4.69, 9.17) is 0 Å². The molecule has 1 unspecified atom stereocenters. The molecule has 1 saturated heterocycles. The predicted molar refractivity (Wildman–Crippen MR) is 88.1 cm³/mol. The van der Waals surface area contributed by atoms with Crippen LogP contribution in [0.15, 0.2) is 0 Å². The maximum atomic E-state index is 3.93. The van der Waals surface area contributed by atoms with Crippen LogP contribution in [0.4, 0.5) is 0 Å². The van der Waals surface area contributed by atoms with Crippen LogP contribution in [0.1, 0.15) is 72.6 Å². The Labute approximate surface area is 126 Å². The highest BCUT2D eigenvalue weighted by molar-refractivity contribution is 4.99. The van der Waals surface area contributed by atoms with Crippen LogP contribution in [0, 0.1) is 11.8 Å². The summed E-state index contributed by atoms with van der Waals surface area (Å²) in [5.74, 6) is 1.83. The lowest BCUT2D eigenvalue weighted by molar-refractivity contribution is 0.0607. The molecule has 118 valence electrons. The molecule has 2 rings (SSSR count). The minimum absolute atomic E-state index is 0.316. The molecule has 0 amide bonds. The molecule has 1 aliphatic carbocycles. The van der Waals surface area contributed by atoms with Crippen molar-refractivity contribution in [3.8, 4) is 0 Å². The monoisotopic (exact) mass is 280 g/mol. The Bertz CT molecular complexity index is 273. The van der Waals surface area contributed by atoms with E-state index in [-0.39, 0.29) is 0 Å². The van der Waals surface area contributed by atoms with Gasteiger partial charge in [0.2, 0.25) is 0 Å². The standard InChI is InChI=1S/C18H36N2/c1-5-12-19-17(16-10-8-15(2)9-11-16)18(3,4)20-13-6-7-14-20/h15-17,19H,5-14H2,1-4H3. The van der Waals surface area contributed by atoms with Gasteiger partial charge in [-0.25, -0.2) is 0 Å². The fourth-order valence-corrected chi connectivity index (χ4v) is 4.40. The molecule has 0 aromatic heterocycles. The molecule has 0 aromatic rings. The maximum Gasteiger partial charge on any atom is 0.0308 e. The summed E-state index contributed by atoms with van der Waals surface area (Å²) >= 11 is 0. The van der Waals surface area contributed by atoms with Gasteiger partial charge in [0.1, 0.15) is 0 Å². The fraction of sp³-hybridized carbons (Fsp3) is 1.00. The van der Waals surface area contributed by atoms with Crippen molar-refractivity contribution in [1.82, 2.24) is 10.2 Å². The predicted octanol–water partition coefficient (Wildman–Crippen LogP) is 4.06. The number of nitrogens with zero attached hydrogens (tertiary/aromatic N) is 1. The van der Waals surface area contributed by atoms with Gasteiger partial charge in [-0.05, 0) is 77.4 Å². The molecule has 0 aromatic carbocycles. The first-order valence-corrected chi connectivity index (χ1v) is 9.04. The van der Waals surface area contributed by atoms with Crippen molar-refractivity contribution in [1.29, 1.82) is 0 Å². The molecule has 1 atom stereocenters. The van der Waals surface area contributed by atoms with Crippen LogP contribution in [0.2, 0.25) is 0 Å². The van der Waals surface area contributed by atoms with Gasteiger partial charge < -0.3 is 5.32 Å². The van der Waals surface area contributed by atoms with Gasteiger partial charge in [0.25, 0.3) is 0 Å². The molecule has 0 spiro atoms. The van der Waals surface area contributed by atoms with E-state index in [2.05, 4.69) is 37.9 Å². The van der Waals surface area contributed by atoms with Crippen LogP contribution in [-0.2, 0) is 0 Å². The molecule has 2 fully saturated rings. The zero-order valence-electron chi connectivity index (χ0n) is 14.3. The smallest absolute Gasteiger partial charge is 0.0308 e. The molecule has 0 bridgehead atoms. The Balaban J connectivity index is 2.04. The Morgan fingerprint density at radius 3 is 2.25 bits per heavy atom. The van der Waals surface area contributed by atoms with Crippen molar-refractivity contribution in [3.63, 3.8) is 0 Å². The van der Waals surface area contributed by atoms with Crippen LogP contribution in [0.5, 0.6) is 0 Å². The fourth-order valence-electron chi connectivity index (χ4n) is 4.40. The van der Waals surface area contributed by atoms with E-state index in [1.807, 2.05) is 0 Å². The average molecular weight is 280 g/mol. The highest BCUT2D eigenvalue weighted by Crippen LogP contribution is 2.36. The second-order valence-electron chi connectivity index (χ2n) is 7.80. The molecule has 0 radical (unpaired) electrons. The van der Waals surface area contributed by atoms with Gasteiger partial charge in [-0.15, -0.1) is 0 Å². The van der Waals surface area contributed by atoms with Crippen LogP contribution in [0.25, 0.3) is 0 Å². The minimum Gasteiger partial charge on any atom is -0.312 e. The molecular weight excluding hydrogens is 244 g/mol. The molecule has 1 aliphatic heterocycles. The Kier molecular flexibility index (Phi) is 5.92. The third-order valence-electron chi connectivity index (χ3n) is 5.83. The summed E-state index contributed by atoms with van der Waals surface area (Å²) in [6, 6.07) is 0.674. The number of rotatable bonds is 6. The number of likely N-dealkylation sites (tertiary alicyclic amines) is 1. The van der Waals surface area contributed by atoms with Crippen LogP contribution in [-0.4, -0.2) is 36.1 Å². The van der Waals surface area contributed by atoms with E-state index >= 15 is 0 Å². The van der Waals surface area contributed by atoms with Crippen LogP contribution in [0.3, 0.4) is 0 Å². The zero-order valence-corrected chi connectivity index (χ0v) is 14.3. The average Bonchev–Trinajstić information content (AvgIpc) is 2.96. The van der Waals surface area contributed by atoms with E-state index in [9.17, 15) is 0 Å². The van der Waals surface area contributed by atoms with Gasteiger partial charge in [0.05, 0.1) is 0 Å². The first kappa shape index (κ1) is 16.3. The Morgan fingerprint density at radius 1 is 1.10 bits per heavy atom. The summed E-state index contributed by atoms with van der Waals surface area (Å²) in [7, 11) is 0. The largest absolute Gasteiger partial charge is 0.312 e. The molecule has 1 saturated carbocycles. The second-order valence-corrected chi connectivity index (χ2v) is 7.80. The lowest BCUT2D eigenvalue weighted by Crippen LogP contribution is -2.60. The van der Waals surface area contributed by atoms with Gasteiger partial charge in [0, 0.05) is 11.6 Å². The van der Waals surface area contributed by atoms with Gasteiger partial charge in [-0.3, -0.25) is 4.90 Å². The summed E-state index contributed by atoms with van der Waals surface area (Å²) in [6.45, 7) is 13.5. The highest BCUT2D eigenvalue weighted by atomic mass is 15.2. The van der Waals surface area contributed by atoms with E-state index in [0.29, 0.717) is 11.6 Å². The van der Waals surface area contributed by atoms with Crippen molar-refractivity contribution < 1.29 is 0 Å². The first-order valence-electron chi connectivity index (χ1n) is 9.04. The summed E-state index contributed by atoms with van der Waals surface area (Å²) in [4.78, 5) is 2.75. The molecule has 20 heavy (non-hydrogen) atoms. The van der Waals surface area contributed by atoms with Crippen molar-refractivity contribution in [2.45, 2.75) is 84.2 Å². The van der Waals surface area contributed by atoms with E-state index in [1.165, 1.54) is 64.6 Å². The number of hydrogen-bond donors (Lipinski definition) is 1. The third kappa shape index (κ3) is 3.76. The topological polar surface area (TPSA) is 15.3 Å². The van der Waals surface area contributed by atoms with Crippen molar-refractivity contribution in [2.75, 3.05) is 19.6 Å². The highest BCUT2D eigenvalue weighted by Gasteiger charge is 2.41. The molecule has 1 heterocycles. The molecule has 2 aliphatic rings. The van der Waals surface area contributed by atoms with E-state index < -0.39 is 0 Å². The lowest BCUT2D eigenvalue weighted by atomic mass is 9.73. The van der Waals surface area contributed by atoms with Crippen LogP contribution < -0.4 is 5.32 Å².